The third-order valence-electron chi connectivity index (χ3n) is 3.20. The van der Waals surface area contributed by atoms with Crippen molar-refractivity contribution in [1.29, 1.82) is 0 Å². The molecule has 14 heavy (non-hydrogen) atoms. The first-order chi connectivity index (χ1) is 6.60. The Balaban J connectivity index is 2.42. The largest absolute Gasteiger partial charge is 0.395 e. The number of aliphatic hydroxyl groups is 1. The van der Waals surface area contributed by atoms with Gasteiger partial charge in [0.2, 0.25) is 0 Å². The summed E-state index contributed by atoms with van der Waals surface area (Å²) in [4.78, 5) is 0. The Labute approximate surface area is 81.4 Å². The van der Waals surface area contributed by atoms with Crippen molar-refractivity contribution in [3.63, 3.8) is 0 Å². The molecular formula is C11H12F2O. The first-order valence-electron chi connectivity index (χ1n) is 4.66. The van der Waals surface area contributed by atoms with E-state index in [-0.39, 0.29) is 12.5 Å². The summed E-state index contributed by atoms with van der Waals surface area (Å²) in [6.07, 6.45) is 0.770. The summed E-state index contributed by atoms with van der Waals surface area (Å²) >= 11 is 0. The zero-order chi connectivity index (χ0) is 10.3. The molecular weight excluding hydrogens is 186 g/mol. The van der Waals surface area contributed by atoms with Crippen LogP contribution in [0.15, 0.2) is 18.2 Å². The molecule has 0 aromatic heterocycles. The smallest absolute Gasteiger partial charge is 0.129 e. The van der Waals surface area contributed by atoms with Gasteiger partial charge in [0, 0.05) is 11.5 Å². The Morgan fingerprint density at radius 3 is 2.57 bits per heavy atom. The second-order valence-electron chi connectivity index (χ2n) is 4.04. The molecule has 1 aliphatic carbocycles. The van der Waals surface area contributed by atoms with E-state index in [0.717, 1.165) is 12.5 Å². The number of hydrogen-bond donors (Lipinski definition) is 1. The van der Waals surface area contributed by atoms with Crippen molar-refractivity contribution in [2.24, 2.45) is 5.92 Å². The number of hydrogen-bond acceptors (Lipinski definition) is 1. The van der Waals surface area contributed by atoms with Crippen molar-refractivity contribution in [3.05, 3.63) is 35.4 Å². The van der Waals surface area contributed by atoms with Crippen LogP contribution in [0, 0.1) is 17.6 Å². The lowest BCUT2D eigenvalue weighted by Crippen LogP contribution is -2.16. The molecule has 0 radical (unpaired) electrons. The molecule has 0 spiro atoms. The van der Waals surface area contributed by atoms with Crippen molar-refractivity contribution >= 4 is 0 Å². The van der Waals surface area contributed by atoms with Crippen LogP contribution < -0.4 is 0 Å². The highest BCUT2D eigenvalue weighted by Crippen LogP contribution is 2.54. The summed E-state index contributed by atoms with van der Waals surface area (Å²) < 4.78 is 26.0. The Morgan fingerprint density at radius 1 is 1.50 bits per heavy atom. The van der Waals surface area contributed by atoms with E-state index in [0.29, 0.717) is 5.56 Å². The molecule has 0 aliphatic heterocycles. The highest BCUT2D eigenvalue weighted by atomic mass is 19.1. The second kappa shape index (κ2) is 3.02. The summed E-state index contributed by atoms with van der Waals surface area (Å²) in [6, 6.07) is 3.54. The molecule has 0 heterocycles. The van der Waals surface area contributed by atoms with Gasteiger partial charge in [0.15, 0.2) is 0 Å². The average Bonchev–Trinajstić information content (AvgIpc) is 2.78. The molecule has 0 amide bonds. The van der Waals surface area contributed by atoms with Gasteiger partial charge in [-0.2, -0.15) is 0 Å². The van der Waals surface area contributed by atoms with Gasteiger partial charge in [0.05, 0.1) is 6.61 Å². The maximum atomic E-state index is 13.4. The maximum Gasteiger partial charge on any atom is 0.129 e. The lowest BCUT2D eigenvalue weighted by atomic mass is 9.94. The summed E-state index contributed by atoms with van der Waals surface area (Å²) in [7, 11) is 0. The highest BCUT2D eigenvalue weighted by molar-refractivity contribution is 5.34. The zero-order valence-corrected chi connectivity index (χ0v) is 7.93. The number of halogens is 2. The Kier molecular flexibility index (Phi) is 2.07. The minimum Gasteiger partial charge on any atom is -0.395 e. The van der Waals surface area contributed by atoms with E-state index in [1.165, 1.54) is 12.1 Å². The monoisotopic (exact) mass is 198 g/mol. The van der Waals surface area contributed by atoms with E-state index in [1.54, 1.807) is 0 Å². The molecule has 1 nitrogen and oxygen atoms in total. The van der Waals surface area contributed by atoms with Gasteiger partial charge in [-0.15, -0.1) is 0 Å². The second-order valence-corrected chi connectivity index (χ2v) is 4.04. The fraction of sp³-hybridized carbons (Fsp3) is 0.455. The Bertz CT molecular complexity index is 360. The summed E-state index contributed by atoms with van der Waals surface area (Å²) in [5.74, 6) is -0.858. The molecule has 0 saturated heterocycles. The van der Waals surface area contributed by atoms with Crippen LogP contribution in [0.25, 0.3) is 0 Å². The minimum atomic E-state index is -0.576. The van der Waals surface area contributed by atoms with Crippen molar-refractivity contribution in [3.8, 4) is 0 Å². The third-order valence-corrected chi connectivity index (χ3v) is 3.20. The predicted molar refractivity (Wildman–Crippen MR) is 48.9 cm³/mol. The van der Waals surface area contributed by atoms with Gasteiger partial charge in [-0.25, -0.2) is 8.78 Å². The van der Waals surface area contributed by atoms with Crippen molar-refractivity contribution < 1.29 is 13.9 Å². The molecule has 1 fully saturated rings. The molecule has 2 unspecified atom stereocenters. The molecule has 2 atom stereocenters. The van der Waals surface area contributed by atoms with Crippen molar-refractivity contribution in [2.45, 2.75) is 18.8 Å². The van der Waals surface area contributed by atoms with Crippen molar-refractivity contribution in [2.75, 3.05) is 6.61 Å². The van der Waals surface area contributed by atoms with E-state index in [4.69, 9.17) is 0 Å². The molecule has 1 aromatic carbocycles. The highest BCUT2D eigenvalue weighted by Gasteiger charge is 2.53. The van der Waals surface area contributed by atoms with Crippen LogP contribution in [-0.4, -0.2) is 11.7 Å². The van der Waals surface area contributed by atoms with Crippen LogP contribution in [0.3, 0.4) is 0 Å². The van der Waals surface area contributed by atoms with Gasteiger partial charge in [0.1, 0.15) is 11.6 Å². The molecule has 0 bridgehead atoms. The number of benzene rings is 1. The fourth-order valence-electron chi connectivity index (χ4n) is 2.06. The summed E-state index contributed by atoms with van der Waals surface area (Å²) in [5.41, 5.74) is -0.0217. The topological polar surface area (TPSA) is 20.2 Å². The first kappa shape index (κ1) is 9.59. The fourth-order valence-corrected chi connectivity index (χ4v) is 2.06. The molecule has 1 aromatic rings. The predicted octanol–water partition coefficient (Wildman–Crippen LogP) is 2.23. The third kappa shape index (κ3) is 1.23. The Morgan fingerprint density at radius 2 is 2.14 bits per heavy atom. The summed E-state index contributed by atoms with van der Waals surface area (Å²) in [6.45, 7) is 1.88. The summed E-state index contributed by atoms with van der Waals surface area (Å²) in [5, 5.41) is 9.21. The lowest BCUT2D eigenvalue weighted by molar-refractivity contribution is 0.244. The number of rotatable bonds is 2. The molecule has 2 rings (SSSR count). The van der Waals surface area contributed by atoms with Gasteiger partial charge in [-0.3, -0.25) is 0 Å². The number of aliphatic hydroxyl groups excluding tert-OH is 1. The molecule has 1 saturated carbocycles. The average molecular weight is 198 g/mol. The minimum absolute atomic E-state index is 0.0727. The molecule has 3 heteroatoms. The Hall–Kier alpha value is -0.960. The molecule has 76 valence electrons. The lowest BCUT2D eigenvalue weighted by Gasteiger charge is -2.14. The van der Waals surface area contributed by atoms with Crippen LogP contribution in [0.1, 0.15) is 18.9 Å². The maximum absolute atomic E-state index is 13.4. The van der Waals surface area contributed by atoms with Gasteiger partial charge in [-0.1, -0.05) is 13.0 Å². The SMILES string of the molecule is CC1CC1(CO)c1ccc(F)cc1F. The van der Waals surface area contributed by atoms with Gasteiger partial charge < -0.3 is 5.11 Å². The van der Waals surface area contributed by atoms with Gasteiger partial charge in [-0.05, 0) is 24.0 Å². The normalized spacial score (nSPS) is 30.4. The van der Waals surface area contributed by atoms with Crippen LogP contribution >= 0.6 is 0 Å². The standard InChI is InChI=1S/C11H12F2O/c1-7-5-11(7,6-14)9-3-2-8(12)4-10(9)13/h2-4,7,14H,5-6H2,1H3. The van der Waals surface area contributed by atoms with Crippen molar-refractivity contribution in [1.82, 2.24) is 0 Å². The van der Waals surface area contributed by atoms with Crippen LogP contribution in [0.5, 0.6) is 0 Å². The van der Waals surface area contributed by atoms with E-state index < -0.39 is 17.0 Å². The van der Waals surface area contributed by atoms with Crippen LogP contribution in [0.4, 0.5) is 8.78 Å². The molecule has 1 N–H and O–H groups in total. The first-order valence-corrected chi connectivity index (χ1v) is 4.66. The van der Waals surface area contributed by atoms with Crippen LogP contribution in [-0.2, 0) is 5.41 Å². The zero-order valence-electron chi connectivity index (χ0n) is 7.93. The van der Waals surface area contributed by atoms with E-state index in [2.05, 4.69) is 0 Å². The van der Waals surface area contributed by atoms with Crippen LogP contribution in [0.2, 0.25) is 0 Å². The molecule has 1 aliphatic rings. The quantitative estimate of drug-likeness (QED) is 0.772. The van der Waals surface area contributed by atoms with E-state index in [9.17, 15) is 13.9 Å². The van der Waals surface area contributed by atoms with E-state index >= 15 is 0 Å². The van der Waals surface area contributed by atoms with Gasteiger partial charge in [0.25, 0.3) is 0 Å². The van der Waals surface area contributed by atoms with E-state index in [1.807, 2.05) is 6.92 Å². The van der Waals surface area contributed by atoms with Gasteiger partial charge >= 0.3 is 0 Å².